The lowest BCUT2D eigenvalue weighted by atomic mass is 9.92. The van der Waals surface area contributed by atoms with Crippen LogP contribution in [-0.4, -0.2) is 26.5 Å². The van der Waals surface area contributed by atoms with E-state index in [0.29, 0.717) is 18.5 Å². The lowest BCUT2D eigenvalue weighted by Gasteiger charge is -2.24. The van der Waals surface area contributed by atoms with Crippen LogP contribution in [0.15, 0.2) is 18.2 Å². The molecule has 1 aliphatic rings. The molecular weight excluding hydrogens is 284 g/mol. The third-order valence-corrected chi connectivity index (χ3v) is 5.45. The zero-order valence-corrected chi connectivity index (χ0v) is 12.2. The maximum atomic E-state index is 13.4. The average Bonchev–Trinajstić information content (AvgIpc) is 2.74. The van der Waals surface area contributed by atoms with Gasteiger partial charge in [0.05, 0.1) is 11.5 Å². The molecule has 6 heteroatoms. The first-order valence-electron chi connectivity index (χ1n) is 6.81. The summed E-state index contributed by atoms with van der Waals surface area (Å²) in [4.78, 5) is 0. The zero-order valence-electron chi connectivity index (χ0n) is 11.4. The molecule has 0 bridgehead atoms. The van der Waals surface area contributed by atoms with Gasteiger partial charge >= 0.3 is 0 Å². The third-order valence-electron chi connectivity index (χ3n) is 3.66. The van der Waals surface area contributed by atoms with E-state index in [1.54, 1.807) is 0 Å². The molecule has 1 saturated heterocycles. The summed E-state index contributed by atoms with van der Waals surface area (Å²) in [6.07, 6.45) is 1.45. The predicted molar refractivity (Wildman–Crippen MR) is 74.2 cm³/mol. The molecule has 0 aliphatic carbocycles. The van der Waals surface area contributed by atoms with Gasteiger partial charge in [-0.15, -0.1) is 0 Å². The number of sulfone groups is 1. The topological polar surface area (TPSA) is 46.2 Å². The van der Waals surface area contributed by atoms with Crippen LogP contribution >= 0.6 is 0 Å². The number of rotatable bonds is 5. The van der Waals surface area contributed by atoms with Crippen LogP contribution in [0.2, 0.25) is 0 Å². The summed E-state index contributed by atoms with van der Waals surface area (Å²) < 4.78 is 49.6. The van der Waals surface area contributed by atoms with Gasteiger partial charge in [-0.2, -0.15) is 0 Å². The monoisotopic (exact) mass is 303 g/mol. The highest BCUT2D eigenvalue weighted by atomic mass is 32.2. The van der Waals surface area contributed by atoms with Gasteiger partial charge in [0, 0.05) is 6.04 Å². The van der Waals surface area contributed by atoms with Crippen LogP contribution < -0.4 is 5.32 Å². The van der Waals surface area contributed by atoms with E-state index in [2.05, 4.69) is 5.32 Å². The Labute approximate surface area is 118 Å². The van der Waals surface area contributed by atoms with Gasteiger partial charge in [0.25, 0.3) is 0 Å². The Balaban J connectivity index is 2.25. The minimum absolute atomic E-state index is 0.0867. The molecule has 1 N–H and O–H groups in total. The number of benzene rings is 1. The van der Waals surface area contributed by atoms with E-state index >= 15 is 0 Å². The number of nitrogens with one attached hydrogen (secondary N) is 1. The van der Waals surface area contributed by atoms with E-state index in [1.165, 1.54) is 6.07 Å². The van der Waals surface area contributed by atoms with E-state index in [-0.39, 0.29) is 23.5 Å². The molecule has 112 valence electrons. The van der Waals surface area contributed by atoms with Crippen LogP contribution in [0.25, 0.3) is 0 Å². The van der Waals surface area contributed by atoms with Crippen LogP contribution in [0.3, 0.4) is 0 Å². The van der Waals surface area contributed by atoms with Crippen LogP contribution in [0.4, 0.5) is 8.78 Å². The van der Waals surface area contributed by atoms with Crippen molar-refractivity contribution in [1.29, 1.82) is 0 Å². The molecule has 0 saturated carbocycles. The van der Waals surface area contributed by atoms with Crippen LogP contribution in [-0.2, 0) is 9.84 Å². The van der Waals surface area contributed by atoms with Gasteiger partial charge in [-0.3, -0.25) is 0 Å². The smallest absolute Gasteiger partial charge is 0.159 e. The molecular formula is C14H19F2NO2S. The van der Waals surface area contributed by atoms with Crippen molar-refractivity contribution in [1.82, 2.24) is 5.32 Å². The first-order chi connectivity index (χ1) is 9.43. The molecule has 2 atom stereocenters. The van der Waals surface area contributed by atoms with Gasteiger partial charge in [-0.25, -0.2) is 17.2 Å². The second-order valence-corrected chi connectivity index (χ2v) is 7.50. The maximum absolute atomic E-state index is 13.4. The van der Waals surface area contributed by atoms with E-state index in [9.17, 15) is 17.2 Å². The first-order valence-corrected chi connectivity index (χ1v) is 8.64. The van der Waals surface area contributed by atoms with Crippen LogP contribution in [0.1, 0.15) is 31.4 Å². The van der Waals surface area contributed by atoms with Crippen molar-refractivity contribution in [3.8, 4) is 0 Å². The fraction of sp³-hybridized carbons (Fsp3) is 0.571. The van der Waals surface area contributed by atoms with E-state index in [4.69, 9.17) is 0 Å². The second kappa shape index (κ2) is 6.18. The SMILES string of the molecule is CCCNC(c1ccc(F)c(F)c1)C1CCS(=O)(=O)C1. The van der Waals surface area contributed by atoms with Crippen LogP contribution in [0, 0.1) is 17.6 Å². The molecule has 1 aromatic carbocycles. The van der Waals surface area contributed by atoms with Gasteiger partial charge in [0.2, 0.25) is 0 Å². The summed E-state index contributed by atoms with van der Waals surface area (Å²) in [6.45, 7) is 2.71. The number of halogens is 2. The van der Waals surface area contributed by atoms with Crippen molar-refractivity contribution in [3.63, 3.8) is 0 Å². The molecule has 2 unspecified atom stereocenters. The molecule has 2 rings (SSSR count). The molecule has 0 amide bonds. The highest BCUT2D eigenvalue weighted by Crippen LogP contribution is 2.32. The molecule has 0 aromatic heterocycles. The molecule has 1 aliphatic heterocycles. The Morgan fingerprint density at radius 2 is 2.10 bits per heavy atom. The Kier molecular flexibility index (Phi) is 4.75. The molecule has 1 fully saturated rings. The predicted octanol–water partition coefficient (Wildman–Crippen LogP) is 2.44. The summed E-state index contributed by atoms with van der Waals surface area (Å²) in [6, 6.07) is 3.53. The highest BCUT2D eigenvalue weighted by Gasteiger charge is 2.34. The molecule has 3 nitrogen and oxygen atoms in total. The highest BCUT2D eigenvalue weighted by molar-refractivity contribution is 7.91. The molecule has 0 radical (unpaired) electrons. The van der Waals surface area contributed by atoms with Crippen LogP contribution in [0.5, 0.6) is 0 Å². The van der Waals surface area contributed by atoms with Gasteiger partial charge < -0.3 is 5.32 Å². The van der Waals surface area contributed by atoms with Crippen molar-refractivity contribution in [2.75, 3.05) is 18.1 Å². The molecule has 1 heterocycles. The molecule has 1 aromatic rings. The minimum atomic E-state index is -3.00. The number of hydrogen-bond acceptors (Lipinski definition) is 3. The lowest BCUT2D eigenvalue weighted by Crippen LogP contribution is -2.30. The number of hydrogen-bond donors (Lipinski definition) is 1. The third kappa shape index (κ3) is 3.55. The van der Waals surface area contributed by atoms with Gasteiger partial charge in [-0.1, -0.05) is 13.0 Å². The Hall–Kier alpha value is -1.01. The van der Waals surface area contributed by atoms with Crippen molar-refractivity contribution >= 4 is 9.84 Å². The van der Waals surface area contributed by atoms with Crippen molar-refractivity contribution in [2.24, 2.45) is 5.92 Å². The van der Waals surface area contributed by atoms with Crippen molar-refractivity contribution in [3.05, 3.63) is 35.4 Å². The normalized spacial score (nSPS) is 22.9. The fourth-order valence-corrected chi connectivity index (χ4v) is 4.49. The summed E-state index contributed by atoms with van der Waals surface area (Å²) in [5, 5.41) is 3.26. The lowest BCUT2D eigenvalue weighted by molar-refractivity contribution is 0.389. The average molecular weight is 303 g/mol. The standard InChI is InChI=1S/C14H19F2NO2S/c1-2-6-17-14(11-5-7-20(18,19)9-11)10-3-4-12(15)13(16)8-10/h3-4,8,11,14,17H,2,5-7,9H2,1H3. The summed E-state index contributed by atoms with van der Waals surface area (Å²) >= 11 is 0. The van der Waals surface area contributed by atoms with Crippen molar-refractivity contribution in [2.45, 2.75) is 25.8 Å². The van der Waals surface area contributed by atoms with Gasteiger partial charge in [0.15, 0.2) is 21.5 Å². The fourth-order valence-electron chi connectivity index (χ4n) is 2.65. The second-order valence-electron chi connectivity index (χ2n) is 5.27. The summed E-state index contributed by atoms with van der Waals surface area (Å²) in [5.41, 5.74) is 0.611. The summed E-state index contributed by atoms with van der Waals surface area (Å²) in [7, 11) is -3.00. The Morgan fingerprint density at radius 1 is 1.35 bits per heavy atom. The van der Waals surface area contributed by atoms with E-state index < -0.39 is 21.5 Å². The van der Waals surface area contributed by atoms with Gasteiger partial charge in [0.1, 0.15) is 0 Å². The summed E-state index contributed by atoms with van der Waals surface area (Å²) in [5.74, 6) is -1.59. The van der Waals surface area contributed by atoms with E-state index in [1.807, 2.05) is 6.92 Å². The Morgan fingerprint density at radius 3 is 2.65 bits per heavy atom. The quantitative estimate of drug-likeness (QED) is 0.909. The van der Waals surface area contributed by atoms with Gasteiger partial charge in [-0.05, 0) is 43.0 Å². The molecule has 20 heavy (non-hydrogen) atoms. The minimum Gasteiger partial charge on any atom is -0.310 e. The Bertz CT molecular complexity index is 575. The largest absolute Gasteiger partial charge is 0.310 e. The van der Waals surface area contributed by atoms with E-state index in [0.717, 1.165) is 18.6 Å². The molecule has 0 spiro atoms. The zero-order chi connectivity index (χ0) is 14.8. The van der Waals surface area contributed by atoms with Crippen molar-refractivity contribution < 1.29 is 17.2 Å². The first kappa shape index (κ1) is 15.4. The maximum Gasteiger partial charge on any atom is 0.159 e.